The molecule has 3 amide bonds. The van der Waals surface area contributed by atoms with Gasteiger partial charge in [-0.3, -0.25) is 10.1 Å². The molecule has 142 valence electrons. The van der Waals surface area contributed by atoms with Gasteiger partial charge < -0.3 is 10.1 Å². The van der Waals surface area contributed by atoms with Crippen LogP contribution in [0.1, 0.15) is 27.6 Å². The maximum atomic E-state index is 12.6. The summed E-state index contributed by atoms with van der Waals surface area (Å²) in [4.78, 5) is 35.9. The predicted molar refractivity (Wildman–Crippen MR) is 88.6 cm³/mol. The lowest BCUT2D eigenvalue weighted by atomic mass is 10.1. The number of nitrogens with one attached hydrogen (secondary N) is 2. The summed E-state index contributed by atoms with van der Waals surface area (Å²) in [6.45, 7) is 0. The summed E-state index contributed by atoms with van der Waals surface area (Å²) in [5, 5.41) is 4.19. The Morgan fingerprint density at radius 1 is 0.963 bits per heavy atom. The number of hydrogen-bond acceptors (Lipinski definition) is 4. The number of carbonyl (C=O) groups is 3. The van der Waals surface area contributed by atoms with E-state index in [-0.39, 0.29) is 5.56 Å². The Hall–Kier alpha value is -3.36. The number of esters is 1. The molecule has 6 nitrogen and oxygen atoms in total. The number of rotatable bonds is 4. The number of imide groups is 1. The average Bonchev–Trinajstić information content (AvgIpc) is 2.65. The van der Waals surface area contributed by atoms with Gasteiger partial charge in [-0.05, 0) is 24.3 Å². The highest BCUT2D eigenvalue weighted by molar-refractivity contribution is 5.99. The van der Waals surface area contributed by atoms with Crippen LogP contribution in [0.3, 0.4) is 0 Å². The van der Waals surface area contributed by atoms with Gasteiger partial charge in [0, 0.05) is 12.6 Å². The number of benzene rings is 2. The molecule has 27 heavy (non-hydrogen) atoms. The van der Waals surface area contributed by atoms with Crippen LogP contribution in [0.4, 0.5) is 18.0 Å². The summed E-state index contributed by atoms with van der Waals surface area (Å²) in [6, 6.07) is 10.5. The lowest BCUT2D eigenvalue weighted by Gasteiger charge is -2.17. The van der Waals surface area contributed by atoms with Crippen molar-refractivity contribution in [2.24, 2.45) is 0 Å². The topological polar surface area (TPSA) is 84.5 Å². The van der Waals surface area contributed by atoms with Crippen molar-refractivity contribution in [3.05, 3.63) is 71.3 Å². The van der Waals surface area contributed by atoms with Crippen LogP contribution in [0.25, 0.3) is 0 Å². The molecule has 0 unspecified atom stereocenters. The second-order valence-electron chi connectivity index (χ2n) is 5.34. The van der Waals surface area contributed by atoms with Gasteiger partial charge in [0.2, 0.25) is 6.10 Å². The number of amides is 3. The molecule has 2 aromatic rings. The maximum Gasteiger partial charge on any atom is 0.416 e. The van der Waals surface area contributed by atoms with Crippen molar-refractivity contribution < 1.29 is 32.3 Å². The van der Waals surface area contributed by atoms with Crippen LogP contribution in [0, 0.1) is 0 Å². The van der Waals surface area contributed by atoms with Crippen molar-refractivity contribution in [2.75, 3.05) is 7.05 Å². The summed E-state index contributed by atoms with van der Waals surface area (Å²) in [7, 11) is 1.30. The number of hydrogen-bond donors (Lipinski definition) is 2. The van der Waals surface area contributed by atoms with E-state index in [1.165, 1.54) is 19.2 Å². The first-order valence-corrected chi connectivity index (χ1v) is 7.68. The molecule has 2 N–H and O–H groups in total. The van der Waals surface area contributed by atoms with E-state index in [9.17, 15) is 27.6 Å². The summed E-state index contributed by atoms with van der Waals surface area (Å²) < 4.78 is 43.0. The van der Waals surface area contributed by atoms with E-state index in [0.29, 0.717) is 5.56 Å². The first kappa shape index (κ1) is 20.0. The largest absolute Gasteiger partial charge is 0.444 e. The lowest BCUT2D eigenvalue weighted by molar-refractivity contribution is -0.137. The molecule has 0 heterocycles. The van der Waals surface area contributed by atoms with Gasteiger partial charge in [0.25, 0.3) is 5.91 Å². The Balaban J connectivity index is 2.23. The highest BCUT2D eigenvalue weighted by Crippen LogP contribution is 2.29. The van der Waals surface area contributed by atoms with Crippen molar-refractivity contribution in [1.29, 1.82) is 0 Å². The van der Waals surface area contributed by atoms with Crippen LogP contribution in [0.2, 0.25) is 0 Å². The van der Waals surface area contributed by atoms with E-state index >= 15 is 0 Å². The molecule has 0 saturated carbocycles. The Bertz CT molecular complexity index is 821. The quantitative estimate of drug-likeness (QED) is 0.799. The molecule has 0 fully saturated rings. The molecule has 0 aromatic heterocycles. The van der Waals surface area contributed by atoms with E-state index in [1.54, 1.807) is 18.2 Å². The number of carbonyl (C=O) groups excluding carboxylic acids is 3. The fourth-order valence-electron chi connectivity index (χ4n) is 2.11. The van der Waals surface area contributed by atoms with Gasteiger partial charge in [0.05, 0.1) is 11.1 Å². The minimum absolute atomic E-state index is 0.170. The van der Waals surface area contributed by atoms with Crippen LogP contribution < -0.4 is 10.6 Å². The van der Waals surface area contributed by atoms with E-state index < -0.39 is 35.8 Å². The lowest BCUT2D eigenvalue weighted by Crippen LogP contribution is -2.41. The van der Waals surface area contributed by atoms with E-state index in [2.05, 4.69) is 5.32 Å². The molecule has 2 rings (SSSR count). The third kappa shape index (κ3) is 5.30. The second-order valence-corrected chi connectivity index (χ2v) is 5.34. The summed E-state index contributed by atoms with van der Waals surface area (Å²) >= 11 is 0. The van der Waals surface area contributed by atoms with Gasteiger partial charge in [0.1, 0.15) is 0 Å². The normalized spacial score (nSPS) is 12.0. The molecular weight excluding hydrogens is 365 g/mol. The van der Waals surface area contributed by atoms with E-state index in [1.807, 2.05) is 5.32 Å². The van der Waals surface area contributed by atoms with Crippen LogP contribution in [0.15, 0.2) is 54.6 Å². The van der Waals surface area contributed by atoms with Crippen molar-refractivity contribution in [3.8, 4) is 0 Å². The number of ether oxygens (including phenoxy) is 1. The molecule has 0 bridgehead atoms. The van der Waals surface area contributed by atoms with Crippen molar-refractivity contribution in [2.45, 2.75) is 12.3 Å². The Morgan fingerprint density at radius 3 is 2.07 bits per heavy atom. The first-order chi connectivity index (χ1) is 12.7. The maximum absolute atomic E-state index is 12.6. The zero-order valence-electron chi connectivity index (χ0n) is 14.0. The van der Waals surface area contributed by atoms with Gasteiger partial charge >= 0.3 is 18.2 Å². The molecule has 0 aliphatic carbocycles. The van der Waals surface area contributed by atoms with Crippen LogP contribution in [-0.2, 0) is 15.7 Å². The Labute approximate surface area is 152 Å². The number of urea groups is 1. The zero-order valence-corrected chi connectivity index (χ0v) is 14.0. The molecule has 1 atom stereocenters. The van der Waals surface area contributed by atoms with E-state index in [4.69, 9.17) is 4.74 Å². The predicted octanol–water partition coefficient (Wildman–Crippen LogP) is 3.06. The Kier molecular flexibility index (Phi) is 6.17. The molecule has 0 saturated heterocycles. The summed E-state index contributed by atoms with van der Waals surface area (Å²) in [5.41, 5.74) is -0.799. The van der Waals surface area contributed by atoms with Crippen molar-refractivity contribution >= 4 is 17.9 Å². The molecule has 0 radical (unpaired) electrons. The number of halogens is 3. The summed E-state index contributed by atoms with van der Waals surface area (Å²) in [5.74, 6) is -1.91. The van der Waals surface area contributed by atoms with Crippen molar-refractivity contribution in [1.82, 2.24) is 10.6 Å². The standard InChI is InChI=1S/C18H15F3N2O4/c1-22-17(26)23-15(24)14(11-5-3-2-4-6-11)27-16(25)12-7-9-13(10-8-12)18(19,20)21/h2-10,14H,1H3,(H2,22,23,24,26)/t14-/m0/s1. The molecule has 0 aliphatic rings. The third-order valence-electron chi connectivity index (χ3n) is 3.48. The van der Waals surface area contributed by atoms with Crippen molar-refractivity contribution in [3.63, 3.8) is 0 Å². The van der Waals surface area contributed by atoms with Crippen LogP contribution in [-0.4, -0.2) is 25.0 Å². The van der Waals surface area contributed by atoms with Crippen LogP contribution >= 0.6 is 0 Å². The Morgan fingerprint density at radius 2 is 1.56 bits per heavy atom. The van der Waals surface area contributed by atoms with E-state index in [0.717, 1.165) is 24.3 Å². The fourth-order valence-corrected chi connectivity index (χ4v) is 2.11. The summed E-state index contributed by atoms with van der Waals surface area (Å²) in [6.07, 6.45) is -6.00. The first-order valence-electron chi connectivity index (χ1n) is 7.68. The molecular formula is C18H15F3N2O4. The average molecular weight is 380 g/mol. The molecule has 9 heteroatoms. The molecule has 0 aliphatic heterocycles. The highest BCUT2D eigenvalue weighted by Gasteiger charge is 2.31. The third-order valence-corrected chi connectivity index (χ3v) is 3.48. The highest BCUT2D eigenvalue weighted by atomic mass is 19.4. The van der Waals surface area contributed by atoms with Gasteiger partial charge in [-0.15, -0.1) is 0 Å². The number of alkyl halides is 3. The second kappa shape index (κ2) is 8.35. The smallest absolute Gasteiger partial charge is 0.416 e. The minimum atomic E-state index is -4.54. The molecule has 2 aromatic carbocycles. The zero-order chi connectivity index (χ0) is 20.0. The fraction of sp³-hybridized carbons (Fsp3) is 0.167. The van der Waals surface area contributed by atoms with Gasteiger partial charge in [-0.2, -0.15) is 13.2 Å². The molecule has 0 spiro atoms. The van der Waals surface area contributed by atoms with Gasteiger partial charge in [-0.1, -0.05) is 30.3 Å². The minimum Gasteiger partial charge on any atom is -0.444 e. The van der Waals surface area contributed by atoms with Crippen LogP contribution in [0.5, 0.6) is 0 Å². The van der Waals surface area contributed by atoms with Gasteiger partial charge in [0.15, 0.2) is 0 Å². The SMILES string of the molecule is CNC(=O)NC(=O)[C@@H](OC(=O)c1ccc(C(F)(F)F)cc1)c1ccccc1. The monoisotopic (exact) mass is 380 g/mol. The van der Waals surface area contributed by atoms with Gasteiger partial charge in [-0.25, -0.2) is 9.59 Å².